The summed E-state index contributed by atoms with van der Waals surface area (Å²) >= 11 is 0. The molecule has 1 atom stereocenters. The van der Waals surface area contributed by atoms with Gasteiger partial charge in [0.05, 0.1) is 14.2 Å². The second-order valence-electron chi connectivity index (χ2n) is 8.30. The van der Waals surface area contributed by atoms with E-state index in [1.165, 1.54) is 16.8 Å². The van der Waals surface area contributed by atoms with E-state index in [0.717, 1.165) is 17.1 Å². The Morgan fingerprint density at radius 2 is 1.90 bits per heavy atom. The van der Waals surface area contributed by atoms with Crippen molar-refractivity contribution in [3.63, 3.8) is 0 Å². The van der Waals surface area contributed by atoms with Gasteiger partial charge in [0.2, 0.25) is 5.91 Å². The zero-order chi connectivity index (χ0) is 20.8. The molecule has 0 radical (unpaired) electrons. The van der Waals surface area contributed by atoms with Crippen LogP contribution in [-0.4, -0.2) is 32.3 Å². The molecule has 0 bridgehead atoms. The Morgan fingerprint density at radius 3 is 2.62 bits per heavy atom. The van der Waals surface area contributed by atoms with Crippen LogP contribution >= 0.6 is 0 Å². The van der Waals surface area contributed by atoms with E-state index in [1.807, 2.05) is 24.3 Å². The highest BCUT2D eigenvalue weighted by Gasteiger charge is 2.57. The number of anilines is 1. The average Bonchev–Trinajstić information content (AvgIpc) is 2.89. The molecule has 1 amide bonds. The lowest BCUT2D eigenvalue weighted by Gasteiger charge is -2.49. The molecule has 1 fully saturated rings. The van der Waals surface area contributed by atoms with Gasteiger partial charge >= 0.3 is 0 Å². The number of ether oxygens (including phenoxy) is 2. The van der Waals surface area contributed by atoms with Crippen LogP contribution in [0.15, 0.2) is 42.5 Å². The van der Waals surface area contributed by atoms with Crippen molar-refractivity contribution in [2.75, 3.05) is 25.7 Å². The van der Waals surface area contributed by atoms with E-state index in [0.29, 0.717) is 13.0 Å². The zero-order valence-electron chi connectivity index (χ0n) is 17.7. The van der Waals surface area contributed by atoms with Gasteiger partial charge in [0.1, 0.15) is 17.2 Å². The first-order chi connectivity index (χ1) is 13.8. The standard InChI is InChI=1S/C24H28N2O3/c1-16-6-8-20-19(14-16)23(2,3)24(25-22(27)11-13-26(20)24)12-10-17-15-18(28-4)7-9-21(17)29-5/h6-10,12,14-15H,11,13H2,1-5H3,(H,25,27). The highest BCUT2D eigenvalue weighted by atomic mass is 16.5. The van der Waals surface area contributed by atoms with Gasteiger partial charge in [-0.1, -0.05) is 37.6 Å². The molecule has 1 N–H and O–H groups in total. The van der Waals surface area contributed by atoms with Crippen LogP contribution in [0.1, 0.15) is 37.0 Å². The number of methoxy groups -OCH3 is 2. The number of benzene rings is 2. The molecule has 0 aromatic heterocycles. The Kier molecular flexibility index (Phi) is 4.56. The Morgan fingerprint density at radius 1 is 1.10 bits per heavy atom. The fourth-order valence-electron chi connectivity index (χ4n) is 4.65. The summed E-state index contributed by atoms with van der Waals surface area (Å²) < 4.78 is 10.9. The molecule has 2 aliphatic heterocycles. The maximum atomic E-state index is 12.5. The van der Waals surface area contributed by atoms with Crippen molar-refractivity contribution in [2.45, 2.75) is 38.3 Å². The first-order valence-electron chi connectivity index (χ1n) is 9.93. The number of nitrogens with one attached hydrogen (secondary N) is 1. The zero-order valence-corrected chi connectivity index (χ0v) is 17.7. The summed E-state index contributed by atoms with van der Waals surface area (Å²) in [4.78, 5) is 14.9. The molecule has 2 aliphatic rings. The second-order valence-corrected chi connectivity index (χ2v) is 8.30. The molecule has 0 saturated carbocycles. The lowest BCUT2D eigenvalue weighted by Crippen LogP contribution is -2.68. The van der Waals surface area contributed by atoms with Gasteiger partial charge in [-0.2, -0.15) is 0 Å². The maximum Gasteiger partial charge on any atom is 0.223 e. The third kappa shape index (κ3) is 2.87. The molecule has 2 heterocycles. The number of hydrogen-bond acceptors (Lipinski definition) is 4. The van der Waals surface area contributed by atoms with Crippen LogP contribution in [-0.2, 0) is 10.2 Å². The summed E-state index contributed by atoms with van der Waals surface area (Å²) in [5.74, 6) is 1.59. The van der Waals surface area contributed by atoms with Crippen molar-refractivity contribution in [3.8, 4) is 11.5 Å². The Hall–Kier alpha value is -2.95. The third-order valence-electron chi connectivity index (χ3n) is 6.33. The van der Waals surface area contributed by atoms with E-state index < -0.39 is 5.66 Å². The van der Waals surface area contributed by atoms with Gasteiger partial charge in [-0.3, -0.25) is 4.79 Å². The van der Waals surface area contributed by atoms with E-state index in [1.54, 1.807) is 14.2 Å². The highest BCUT2D eigenvalue weighted by Crippen LogP contribution is 2.52. The van der Waals surface area contributed by atoms with Crippen LogP contribution in [0.5, 0.6) is 11.5 Å². The van der Waals surface area contributed by atoms with Gasteiger partial charge in [-0.25, -0.2) is 0 Å². The smallest absolute Gasteiger partial charge is 0.223 e. The van der Waals surface area contributed by atoms with Crippen molar-refractivity contribution in [3.05, 3.63) is 59.2 Å². The van der Waals surface area contributed by atoms with Crippen LogP contribution < -0.4 is 19.7 Å². The lowest BCUT2D eigenvalue weighted by molar-refractivity contribution is -0.124. The van der Waals surface area contributed by atoms with Crippen molar-refractivity contribution < 1.29 is 14.3 Å². The first-order valence-corrected chi connectivity index (χ1v) is 9.93. The molecular weight excluding hydrogens is 364 g/mol. The van der Waals surface area contributed by atoms with E-state index in [9.17, 15) is 4.79 Å². The Bertz CT molecular complexity index is 996. The molecule has 0 spiro atoms. The minimum atomic E-state index is -0.646. The van der Waals surface area contributed by atoms with Crippen molar-refractivity contribution in [2.24, 2.45) is 0 Å². The average molecular weight is 392 g/mol. The number of nitrogens with zero attached hydrogens (tertiary/aromatic N) is 1. The molecule has 29 heavy (non-hydrogen) atoms. The minimum absolute atomic E-state index is 0.0705. The Balaban J connectivity index is 1.86. The number of carbonyl (C=O) groups is 1. The SMILES string of the molecule is COc1ccc(OC)c(C=CC23NC(=O)CCN2c2ccc(C)cc2C3(C)C)c1. The van der Waals surface area contributed by atoms with Crippen molar-refractivity contribution >= 4 is 17.7 Å². The topological polar surface area (TPSA) is 50.8 Å². The Labute approximate surface area is 172 Å². The summed E-state index contributed by atoms with van der Waals surface area (Å²) in [6, 6.07) is 12.3. The molecular formula is C24H28N2O3. The van der Waals surface area contributed by atoms with E-state index >= 15 is 0 Å². The summed E-state index contributed by atoms with van der Waals surface area (Å²) in [5.41, 5.74) is 3.60. The van der Waals surface area contributed by atoms with Gasteiger partial charge in [0.15, 0.2) is 0 Å². The predicted octanol–water partition coefficient (Wildman–Crippen LogP) is 4.04. The number of rotatable bonds is 4. The van der Waals surface area contributed by atoms with Crippen LogP contribution in [0.3, 0.4) is 0 Å². The number of fused-ring (bicyclic) bond motifs is 3. The predicted molar refractivity (Wildman–Crippen MR) is 116 cm³/mol. The quantitative estimate of drug-likeness (QED) is 0.853. The molecule has 0 aliphatic carbocycles. The molecule has 5 nitrogen and oxygen atoms in total. The number of amides is 1. The summed E-state index contributed by atoms with van der Waals surface area (Å²) in [6.07, 6.45) is 4.62. The first kappa shape index (κ1) is 19.4. The van der Waals surface area contributed by atoms with Gasteiger partial charge in [-0.15, -0.1) is 0 Å². The van der Waals surface area contributed by atoms with Gasteiger partial charge in [0, 0.05) is 29.6 Å². The summed E-state index contributed by atoms with van der Waals surface area (Å²) in [7, 11) is 3.31. The molecule has 4 rings (SSSR count). The molecule has 2 aromatic rings. The van der Waals surface area contributed by atoms with Gasteiger partial charge in [-0.05, 0) is 42.8 Å². The summed E-state index contributed by atoms with van der Waals surface area (Å²) in [6.45, 7) is 7.19. The number of aryl methyl sites for hydroxylation is 1. The van der Waals surface area contributed by atoms with Gasteiger partial charge < -0.3 is 19.7 Å². The van der Waals surface area contributed by atoms with E-state index in [2.05, 4.69) is 55.3 Å². The molecule has 152 valence electrons. The van der Waals surface area contributed by atoms with Crippen molar-refractivity contribution in [1.29, 1.82) is 0 Å². The fourth-order valence-corrected chi connectivity index (χ4v) is 4.65. The number of hydrogen-bond donors (Lipinski definition) is 1. The highest BCUT2D eigenvalue weighted by molar-refractivity contribution is 5.85. The molecule has 1 saturated heterocycles. The fraction of sp³-hybridized carbons (Fsp3) is 0.375. The maximum absolute atomic E-state index is 12.5. The molecule has 5 heteroatoms. The number of carbonyl (C=O) groups excluding carboxylic acids is 1. The lowest BCUT2D eigenvalue weighted by atomic mass is 9.74. The van der Waals surface area contributed by atoms with Crippen LogP contribution in [0.2, 0.25) is 0 Å². The van der Waals surface area contributed by atoms with Crippen LogP contribution in [0.25, 0.3) is 6.08 Å². The third-order valence-corrected chi connectivity index (χ3v) is 6.33. The molecule has 1 unspecified atom stereocenters. The van der Waals surface area contributed by atoms with E-state index in [4.69, 9.17) is 9.47 Å². The minimum Gasteiger partial charge on any atom is -0.497 e. The van der Waals surface area contributed by atoms with Crippen LogP contribution in [0, 0.1) is 6.92 Å². The van der Waals surface area contributed by atoms with E-state index in [-0.39, 0.29) is 11.3 Å². The summed E-state index contributed by atoms with van der Waals surface area (Å²) in [5, 5.41) is 3.31. The second kappa shape index (κ2) is 6.83. The normalized spacial score (nSPS) is 22.2. The monoisotopic (exact) mass is 392 g/mol. The van der Waals surface area contributed by atoms with Gasteiger partial charge in [0.25, 0.3) is 0 Å². The van der Waals surface area contributed by atoms with Crippen LogP contribution in [0.4, 0.5) is 5.69 Å². The van der Waals surface area contributed by atoms with Crippen molar-refractivity contribution in [1.82, 2.24) is 5.32 Å². The molecule has 2 aromatic carbocycles. The largest absolute Gasteiger partial charge is 0.497 e.